The number of aromatic nitrogens is 2. The summed E-state index contributed by atoms with van der Waals surface area (Å²) in [7, 11) is 0. The maximum absolute atomic E-state index is 4.34. The van der Waals surface area contributed by atoms with Crippen molar-refractivity contribution in [1.29, 1.82) is 0 Å². The lowest BCUT2D eigenvalue weighted by Crippen LogP contribution is -2.45. The number of nitrogens with one attached hydrogen (secondary N) is 1. The number of benzene rings is 3. The molecule has 1 N–H and O–H groups in total. The van der Waals surface area contributed by atoms with Gasteiger partial charge in [-0.15, -0.1) is 0 Å². The van der Waals surface area contributed by atoms with Crippen molar-refractivity contribution in [2.24, 2.45) is 0 Å². The highest BCUT2D eigenvalue weighted by Gasteiger charge is 2.35. The van der Waals surface area contributed by atoms with Gasteiger partial charge in [-0.1, -0.05) is 91.0 Å². The van der Waals surface area contributed by atoms with E-state index in [2.05, 4.69) is 106 Å². The number of aryl methyl sites for hydroxylation is 1. The average Bonchev–Trinajstić information content (AvgIpc) is 3.18. The first-order valence-electron chi connectivity index (χ1n) is 9.70. The van der Waals surface area contributed by atoms with Crippen molar-refractivity contribution in [2.45, 2.75) is 19.0 Å². The van der Waals surface area contributed by atoms with Crippen LogP contribution in [0.3, 0.4) is 0 Å². The lowest BCUT2D eigenvalue weighted by atomic mass is 9.77. The molecule has 4 rings (SSSR count). The van der Waals surface area contributed by atoms with Gasteiger partial charge in [0.15, 0.2) is 0 Å². The van der Waals surface area contributed by atoms with Crippen LogP contribution < -0.4 is 5.32 Å². The summed E-state index contributed by atoms with van der Waals surface area (Å²) in [6, 6.07) is 32.1. The molecule has 4 aromatic rings. The molecule has 3 heteroatoms. The standard InChI is InChI=1S/C25H25N3/c1-21-26-17-19-28(21)20-18-27-25(22-11-5-2-6-12-22,23-13-7-3-8-14-23)24-15-9-4-10-16-24/h2-17,19,27H,18,20H2,1H3. The van der Waals surface area contributed by atoms with Gasteiger partial charge in [0.25, 0.3) is 0 Å². The molecule has 0 aliphatic heterocycles. The number of hydrogen-bond acceptors (Lipinski definition) is 2. The quantitative estimate of drug-likeness (QED) is 0.477. The number of nitrogens with zero attached hydrogens (tertiary/aromatic N) is 2. The Labute approximate surface area is 166 Å². The van der Waals surface area contributed by atoms with Crippen LogP contribution in [0.4, 0.5) is 0 Å². The molecule has 0 saturated heterocycles. The smallest absolute Gasteiger partial charge is 0.105 e. The van der Waals surface area contributed by atoms with Crippen LogP contribution in [0, 0.1) is 6.92 Å². The Balaban J connectivity index is 1.80. The van der Waals surface area contributed by atoms with E-state index < -0.39 is 5.54 Å². The van der Waals surface area contributed by atoms with Gasteiger partial charge in [0.2, 0.25) is 0 Å². The van der Waals surface area contributed by atoms with E-state index in [1.807, 2.05) is 19.3 Å². The Kier molecular flexibility index (Phi) is 5.36. The highest BCUT2D eigenvalue weighted by Crippen LogP contribution is 2.36. The lowest BCUT2D eigenvalue weighted by molar-refractivity contribution is 0.450. The second-order valence-corrected chi connectivity index (χ2v) is 6.94. The minimum absolute atomic E-state index is 0.418. The van der Waals surface area contributed by atoms with E-state index in [1.165, 1.54) is 16.7 Å². The Morgan fingerprint density at radius 1 is 0.750 bits per heavy atom. The predicted molar refractivity (Wildman–Crippen MR) is 114 cm³/mol. The maximum Gasteiger partial charge on any atom is 0.105 e. The molecule has 0 spiro atoms. The van der Waals surface area contributed by atoms with Gasteiger partial charge >= 0.3 is 0 Å². The second kappa shape index (κ2) is 8.24. The third kappa shape index (κ3) is 3.49. The molecule has 0 aliphatic carbocycles. The molecule has 3 nitrogen and oxygen atoms in total. The molecule has 28 heavy (non-hydrogen) atoms. The largest absolute Gasteiger partial charge is 0.334 e. The second-order valence-electron chi connectivity index (χ2n) is 6.94. The normalized spacial score (nSPS) is 11.5. The first-order valence-corrected chi connectivity index (χ1v) is 9.70. The monoisotopic (exact) mass is 367 g/mol. The van der Waals surface area contributed by atoms with E-state index in [0.29, 0.717) is 0 Å². The lowest BCUT2D eigenvalue weighted by Gasteiger charge is -2.37. The van der Waals surface area contributed by atoms with Crippen molar-refractivity contribution < 1.29 is 0 Å². The molecular formula is C25H25N3. The zero-order valence-electron chi connectivity index (χ0n) is 16.1. The van der Waals surface area contributed by atoms with Crippen LogP contribution in [-0.4, -0.2) is 16.1 Å². The first kappa shape index (κ1) is 18.2. The van der Waals surface area contributed by atoms with Crippen LogP contribution in [0.25, 0.3) is 0 Å². The Morgan fingerprint density at radius 3 is 1.61 bits per heavy atom. The third-order valence-electron chi connectivity index (χ3n) is 5.29. The van der Waals surface area contributed by atoms with Crippen molar-refractivity contribution in [3.8, 4) is 0 Å². The molecule has 140 valence electrons. The van der Waals surface area contributed by atoms with Gasteiger partial charge in [0, 0.05) is 25.5 Å². The molecule has 1 heterocycles. The summed E-state index contributed by atoms with van der Waals surface area (Å²) in [6.45, 7) is 3.72. The fourth-order valence-electron chi connectivity index (χ4n) is 3.87. The molecule has 0 saturated carbocycles. The summed E-state index contributed by atoms with van der Waals surface area (Å²) in [5.41, 5.74) is 3.28. The van der Waals surface area contributed by atoms with Gasteiger partial charge in [-0.2, -0.15) is 0 Å². The maximum atomic E-state index is 4.34. The molecule has 0 radical (unpaired) electrons. The summed E-state index contributed by atoms with van der Waals surface area (Å²) in [6.07, 6.45) is 3.89. The summed E-state index contributed by atoms with van der Waals surface area (Å²) in [5.74, 6) is 1.03. The van der Waals surface area contributed by atoms with Gasteiger partial charge in [-0.3, -0.25) is 5.32 Å². The van der Waals surface area contributed by atoms with Crippen LogP contribution in [0.2, 0.25) is 0 Å². The zero-order chi connectivity index (χ0) is 19.2. The van der Waals surface area contributed by atoms with Gasteiger partial charge < -0.3 is 4.57 Å². The zero-order valence-corrected chi connectivity index (χ0v) is 16.1. The van der Waals surface area contributed by atoms with Crippen molar-refractivity contribution >= 4 is 0 Å². The number of imidazole rings is 1. The van der Waals surface area contributed by atoms with E-state index in [0.717, 1.165) is 18.9 Å². The first-order chi connectivity index (χ1) is 13.8. The van der Waals surface area contributed by atoms with Crippen molar-refractivity contribution in [3.05, 3.63) is 126 Å². The molecule has 1 aromatic heterocycles. The fourth-order valence-corrected chi connectivity index (χ4v) is 3.87. The van der Waals surface area contributed by atoms with E-state index in [9.17, 15) is 0 Å². The average molecular weight is 367 g/mol. The number of rotatable bonds is 7. The van der Waals surface area contributed by atoms with Crippen molar-refractivity contribution in [2.75, 3.05) is 6.54 Å². The molecule has 3 aromatic carbocycles. The van der Waals surface area contributed by atoms with E-state index in [4.69, 9.17) is 0 Å². The van der Waals surface area contributed by atoms with Gasteiger partial charge in [0.1, 0.15) is 5.82 Å². The number of hydrogen-bond donors (Lipinski definition) is 1. The van der Waals surface area contributed by atoms with Crippen molar-refractivity contribution in [1.82, 2.24) is 14.9 Å². The Hall–Kier alpha value is -3.17. The Morgan fingerprint density at radius 2 is 1.21 bits per heavy atom. The SMILES string of the molecule is Cc1nccn1CCNC(c1ccccc1)(c1ccccc1)c1ccccc1. The third-order valence-corrected chi connectivity index (χ3v) is 5.29. The van der Waals surface area contributed by atoms with Crippen molar-refractivity contribution in [3.63, 3.8) is 0 Å². The molecule has 0 unspecified atom stereocenters. The van der Waals surface area contributed by atoms with Crippen LogP contribution >= 0.6 is 0 Å². The van der Waals surface area contributed by atoms with Crippen LogP contribution in [-0.2, 0) is 12.1 Å². The molecule has 0 bridgehead atoms. The van der Waals surface area contributed by atoms with Gasteiger partial charge in [-0.05, 0) is 23.6 Å². The van der Waals surface area contributed by atoms with E-state index in [-0.39, 0.29) is 0 Å². The van der Waals surface area contributed by atoms with Gasteiger partial charge in [-0.25, -0.2) is 4.98 Å². The highest BCUT2D eigenvalue weighted by atomic mass is 15.1. The van der Waals surface area contributed by atoms with E-state index >= 15 is 0 Å². The topological polar surface area (TPSA) is 29.9 Å². The van der Waals surface area contributed by atoms with Crippen LogP contribution in [0.5, 0.6) is 0 Å². The summed E-state index contributed by atoms with van der Waals surface area (Å²) in [5, 5.41) is 3.90. The molecule has 0 aliphatic rings. The summed E-state index contributed by atoms with van der Waals surface area (Å²) < 4.78 is 2.18. The van der Waals surface area contributed by atoms with E-state index in [1.54, 1.807) is 0 Å². The summed E-state index contributed by atoms with van der Waals surface area (Å²) in [4.78, 5) is 4.34. The molecule has 0 atom stereocenters. The minimum Gasteiger partial charge on any atom is -0.334 e. The molecule has 0 fully saturated rings. The molecular weight excluding hydrogens is 342 g/mol. The highest BCUT2D eigenvalue weighted by molar-refractivity contribution is 5.49. The van der Waals surface area contributed by atoms with Crippen LogP contribution in [0.1, 0.15) is 22.5 Å². The fraction of sp³-hybridized carbons (Fsp3) is 0.160. The predicted octanol–water partition coefficient (Wildman–Crippen LogP) is 4.77. The van der Waals surface area contributed by atoms with Crippen LogP contribution in [0.15, 0.2) is 103 Å². The minimum atomic E-state index is -0.418. The Bertz CT molecular complexity index is 895. The summed E-state index contributed by atoms with van der Waals surface area (Å²) >= 11 is 0. The van der Waals surface area contributed by atoms with Gasteiger partial charge in [0.05, 0.1) is 5.54 Å². The molecule has 0 amide bonds.